The molecule has 0 aliphatic carbocycles. The first-order chi connectivity index (χ1) is 15.3. The molecule has 2 saturated heterocycles. The Morgan fingerprint density at radius 2 is 1.41 bits per heavy atom. The number of nitrogens with zero attached hydrogens (tertiary/aromatic N) is 3. The number of piperazine rings is 1. The van der Waals surface area contributed by atoms with Crippen molar-refractivity contribution in [1.82, 2.24) is 13.5 Å². The minimum Gasteiger partial charge on any atom is -0.340 e. The zero-order valence-corrected chi connectivity index (χ0v) is 20.2. The van der Waals surface area contributed by atoms with Crippen LogP contribution in [0.5, 0.6) is 0 Å². The fourth-order valence-electron chi connectivity index (χ4n) is 4.04. The van der Waals surface area contributed by atoms with E-state index in [4.69, 9.17) is 0 Å². The van der Waals surface area contributed by atoms with Crippen LogP contribution in [0.4, 0.5) is 0 Å². The molecule has 1 aromatic heterocycles. The van der Waals surface area contributed by atoms with E-state index in [0.29, 0.717) is 30.4 Å². The lowest BCUT2D eigenvalue weighted by molar-refractivity contribution is -0.131. The summed E-state index contributed by atoms with van der Waals surface area (Å²) in [5, 5.41) is 1.73. The van der Waals surface area contributed by atoms with Crippen LogP contribution in [0.15, 0.2) is 50.9 Å². The number of amides is 1. The highest BCUT2D eigenvalue weighted by atomic mass is 32.2. The maximum absolute atomic E-state index is 12.8. The third-order valence-corrected chi connectivity index (χ3v) is 11.1. The van der Waals surface area contributed by atoms with Gasteiger partial charge in [0.15, 0.2) is 0 Å². The molecule has 0 radical (unpaired) electrons. The highest BCUT2D eigenvalue weighted by Gasteiger charge is 2.31. The molecular weight excluding hydrogens is 470 g/mol. The highest BCUT2D eigenvalue weighted by molar-refractivity contribution is 7.91. The van der Waals surface area contributed by atoms with Crippen LogP contribution in [-0.2, 0) is 31.3 Å². The molecule has 2 aromatic rings. The van der Waals surface area contributed by atoms with Gasteiger partial charge in [0.05, 0.1) is 11.3 Å². The SMILES string of the molecule is O=C(Cc1ccc(S(=O)(=O)N2CCCCC2)cc1)N1CCN(S(=O)(=O)c2cccs2)CC1. The van der Waals surface area contributed by atoms with Gasteiger partial charge in [0.2, 0.25) is 15.9 Å². The predicted molar refractivity (Wildman–Crippen MR) is 122 cm³/mol. The van der Waals surface area contributed by atoms with Crippen molar-refractivity contribution in [2.45, 2.75) is 34.8 Å². The fourth-order valence-corrected chi connectivity index (χ4v) is 8.12. The summed E-state index contributed by atoms with van der Waals surface area (Å²) in [6.07, 6.45) is 2.98. The monoisotopic (exact) mass is 497 g/mol. The number of thiophene rings is 1. The van der Waals surface area contributed by atoms with Crippen molar-refractivity contribution in [2.24, 2.45) is 0 Å². The van der Waals surface area contributed by atoms with Gasteiger partial charge in [-0.3, -0.25) is 4.79 Å². The van der Waals surface area contributed by atoms with E-state index in [-0.39, 0.29) is 30.3 Å². The molecule has 2 aliphatic rings. The van der Waals surface area contributed by atoms with E-state index in [1.165, 1.54) is 19.9 Å². The number of carbonyl (C=O) groups is 1. The molecule has 0 bridgehead atoms. The molecule has 0 N–H and O–H groups in total. The molecule has 1 aromatic carbocycles. The molecule has 0 atom stereocenters. The van der Waals surface area contributed by atoms with Crippen LogP contribution in [0.1, 0.15) is 24.8 Å². The molecule has 2 aliphatic heterocycles. The minimum absolute atomic E-state index is 0.0928. The van der Waals surface area contributed by atoms with E-state index in [1.807, 2.05) is 0 Å². The summed E-state index contributed by atoms with van der Waals surface area (Å²) >= 11 is 1.19. The van der Waals surface area contributed by atoms with Gasteiger partial charge in [-0.15, -0.1) is 11.3 Å². The van der Waals surface area contributed by atoms with Gasteiger partial charge in [0.1, 0.15) is 4.21 Å². The van der Waals surface area contributed by atoms with Gasteiger partial charge in [-0.05, 0) is 42.0 Å². The van der Waals surface area contributed by atoms with Crippen LogP contribution >= 0.6 is 11.3 Å². The maximum atomic E-state index is 12.8. The van der Waals surface area contributed by atoms with Gasteiger partial charge >= 0.3 is 0 Å². The van der Waals surface area contributed by atoms with Crippen molar-refractivity contribution >= 4 is 37.3 Å². The summed E-state index contributed by atoms with van der Waals surface area (Å²) in [5.41, 5.74) is 0.737. The molecule has 11 heteroatoms. The van der Waals surface area contributed by atoms with Crippen molar-refractivity contribution in [2.75, 3.05) is 39.3 Å². The summed E-state index contributed by atoms with van der Waals surface area (Å²) in [7, 11) is -6.99. The lowest BCUT2D eigenvalue weighted by atomic mass is 10.1. The standard InChI is InChI=1S/C21H27N3O5S3/c25-20(22-12-14-24(15-13-22)32(28,29)21-5-4-16-30-21)17-18-6-8-19(9-7-18)31(26,27)23-10-2-1-3-11-23/h4-9,16H,1-3,10-15,17H2. The van der Waals surface area contributed by atoms with E-state index >= 15 is 0 Å². The molecule has 0 unspecified atom stereocenters. The van der Waals surface area contributed by atoms with Crippen LogP contribution < -0.4 is 0 Å². The van der Waals surface area contributed by atoms with Gasteiger partial charge in [-0.25, -0.2) is 16.8 Å². The van der Waals surface area contributed by atoms with Gasteiger partial charge in [0.25, 0.3) is 10.0 Å². The Labute approximate surface area is 193 Å². The number of hydrogen-bond donors (Lipinski definition) is 0. The summed E-state index contributed by atoms with van der Waals surface area (Å²) in [6, 6.07) is 9.81. The Kier molecular flexibility index (Phi) is 7.01. The van der Waals surface area contributed by atoms with Crippen molar-refractivity contribution in [1.29, 1.82) is 0 Å². The smallest absolute Gasteiger partial charge is 0.252 e. The molecule has 2 fully saturated rings. The molecule has 0 saturated carbocycles. The number of benzene rings is 1. The third kappa shape index (κ3) is 4.91. The third-order valence-electron chi connectivity index (χ3n) is 5.91. The second-order valence-electron chi connectivity index (χ2n) is 8.00. The summed E-state index contributed by atoms with van der Waals surface area (Å²) in [4.78, 5) is 14.6. The van der Waals surface area contributed by atoms with Gasteiger partial charge < -0.3 is 4.90 Å². The van der Waals surface area contributed by atoms with E-state index in [1.54, 1.807) is 46.7 Å². The minimum atomic E-state index is -3.50. The molecule has 1 amide bonds. The molecule has 174 valence electrons. The summed E-state index contributed by atoms with van der Waals surface area (Å²) < 4.78 is 54.0. The first kappa shape index (κ1) is 23.4. The van der Waals surface area contributed by atoms with Crippen LogP contribution in [0.2, 0.25) is 0 Å². The largest absolute Gasteiger partial charge is 0.340 e. The molecule has 4 rings (SSSR count). The normalized spacial score (nSPS) is 19.2. The summed E-state index contributed by atoms with van der Waals surface area (Å²) in [6.45, 7) is 2.31. The van der Waals surface area contributed by atoms with E-state index < -0.39 is 20.0 Å². The predicted octanol–water partition coefficient (Wildman–Crippen LogP) is 2.00. The first-order valence-corrected chi connectivity index (χ1v) is 14.4. The molecule has 0 spiro atoms. The second-order valence-corrected chi connectivity index (χ2v) is 13.1. The van der Waals surface area contributed by atoms with Crippen LogP contribution in [0.3, 0.4) is 0 Å². The first-order valence-electron chi connectivity index (χ1n) is 10.7. The summed E-state index contributed by atoms with van der Waals surface area (Å²) in [5.74, 6) is -0.0928. The molecule has 3 heterocycles. The van der Waals surface area contributed by atoms with Crippen molar-refractivity contribution in [3.63, 3.8) is 0 Å². The molecular formula is C21H27N3O5S3. The average Bonchev–Trinajstić information content (AvgIpc) is 3.36. The van der Waals surface area contributed by atoms with Crippen LogP contribution in [-0.4, -0.2) is 75.5 Å². The van der Waals surface area contributed by atoms with Gasteiger partial charge in [-0.1, -0.05) is 24.6 Å². The van der Waals surface area contributed by atoms with Crippen LogP contribution in [0.25, 0.3) is 0 Å². The van der Waals surface area contributed by atoms with Crippen molar-refractivity contribution in [3.8, 4) is 0 Å². The lowest BCUT2D eigenvalue weighted by Gasteiger charge is -2.33. The van der Waals surface area contributed by atoms with Crippen molar-refractivity contribution < 1.29 is 21.6 Å². The van der Waals surface area contributed by atoms with E-state index in [2.05, 4.69) is 0 Å². The Balaban J connectivity index is 1.34. The van der Waals surface area contributed by atoms with Crippen molar-refractivity contribution in [3.05, 3.63) is 47.3 Å². The number of sulfonamides is 2. The quantitative estimate of drug-likeness (QED) is 0.608. The zero-order chi connectivity index (χ0) is 22.8. The number of rotatable bonds is 6. The average molecular weight is 498 g/mol. The lowest BCUT2D eigenvalue weighted by Crippen LogP contribution is -2.50. The Morgan fingerprint density at radius 1 is 0.781 bits per heavy atom. The van der Waals surface area contributed by atoms with E-state index in [9.17, 15) is 21.6 Å². The molecule has 8 nitrogen and oxygen atoms in total. The maximum Gasteiger partial charge on any atom is 0.252 e. The van der Waals surface area contributed by atoms with Gasteiger partial charge in [0, 0.05) is 39.3 Å². The second kappa shape index (κ2) is 9.60. The Morgan fingerprint density at radius 3 is 2.00 bits per heavy atom. The van der Waals surface area contributed by atoms with Crippen LogP contribution in [0, 0.1) is 0 Å². The Bertz CT molecular complexity index is 1130. The number of hydrogen-bond acceptors (Lipinski definition) is 6. The number of carbonyl (C=O) groups excluding carboxylic acids is 1. The zero-order valence-electron chi connectivity index (χ0n) is 17.7. The molecule has 32 heavy (non-hydrogen) atoms. The fraction of sp³-hybridized carbons (Fsp3) is 0.476. The highest BCUT2D eigenvalue weighted by Crippen LogP contribution is 2.23. The van der Waals surface area contributed by atoms with Gasteiger partial charge in [-0.2, -0.15) is 8.61 Å². The van der Waals surface area contributed by atoms with E-state index in [0.717, 1.165) is 24.8 Å². The number of piperidine rings is 1. The topological polar surface area (TPSA) is 95.1 Å². The Hall–Kier alpha value is -1.79.